The molecule has 3 rings (SSSR count). The highest BCUT2D eigenvalue weighted by atomic mass is 79.9. The predicted octanol–water partition coefficient (Wildman–Crippen LogP) is 4.72. The van der Waals surface area contributed by atoms with E-state index in [0.29, 0.717) is 0 Å². The molecular formula is C17H16BrNOS. The van der Waals surface area contributed by atoms with E-state index in [1.807, 2.05) is 43.0 Å². The third-order valence-electron chi connectivity index (χ3n) is 3.78. The first-order chi connectivity index (χ1) is 10.2. The number of fused-ring (bicyclic) bond motifs is 1. The van der Waals surface area contributed by atoms with Crippen molar-refractivity contribution in [2.24, 2.45) is 0 Å². The van der Waals surface area contributed by atoms with Gasteiger partial charge in [-0.25, -0.2) is 0 Å². The highest BCUT2D eigenvalue weighted by Crippen LogP contribution is 2.36. The molecule has 1 amide bonds. The quantitative estimate of drug-likeness (QED) is 0.837. The first-order valence-electron chi connectivity index (χ1n) is 6.94. The van der Waals surface area contributed by atoms with Crippen LogP contribution < -0.4 is 5.32 Å². The molecule has 0 aliphatic carbocycles. The van der Waals surface area contributed by atoms with Crippen LogP contribution in [0.1, 0.15) is 33.9 Å². The number of hydrogen-bond donors (Lipinski definition) is 1. The number of benzene rings is 2. The minimum Gasteiger partial charge on any atom is -0.345 e. The van der Waals surface area contributed by atoms with Crippen LogP contribution in [0.5, 0.6) is 0 Å². The van der Waals surface area contributed by atoms with Gasteiger partial charge in [-0.1, -0.05) is 40.2 Å². The molecule has 21 heavy (non-hydrogen) atoms. The van der Waals surface area contributed by atoms with Gasteiger partial charge in [0.05, 0.1) is 6.04 Å². The smallest absolute Gasteiger partial charge is 0.252 e. The maximum Gasteiger partial charge on any atom is 0.252 e. The first-order valence-corrected chi connectivity index (χ1v) is 8.72. The summed E-state index contributed by atoms with van der Waals surface area (Å²) in [5.41, 5.74) is 2.95. The van der Waals surface area contributed by atoms with Gasteiger partial charge in [0.25, 0.3) is 5.91 Å². The fraction of sp³-hybridized carbons (Fsp3) is 0.235. The maximum atomic E-state index is 12.6. The highest BCUT2D eigenvalue weighted by Gasteiger charge is 2.23. The van der Waals surface area contributed by atoms with Gasteiger partial charge in [-0.2, -0.15) is 0 Å². The number of halogens is 1. The highest BCUT2D eigenvalue weighted by molar-refractivity contribution is 9.10. The van der Waals surface area contributed by atoms with Crippen LogP contribution in [0.15, 0.2) is 51.8 Å². The lowest BCUT2D eigenvalue weighted by Gasteiger charge is -2.26. The van der Waals surface area contributed by atoms with Gasteiger partial charge in [0.1, 0.15) is 0 Å². The Morgan fingerprint density at radius 3 is 2.90 bits per heavy atom. The van der Waals surface area contributed by atoms with Gasteiger partial charge in [-0.05, 0) is 42.7 Å². The van der Waals surface area contributed by atoms with Crippen molar-refractivity contribution in [3.8, 4) is 0 Å². The normalized spacial score (nSPS) is 17.1. The molecule has 2 aromatic carbocycles. The second kappa shape index (κ2) is 6.24. The van der Waals surface area contributed by atoms with Crippen molar-refractivity contribution in [1.29, 1.82) is 0 Å². The molecule has 108 valence electrons. The van der Waals surface area contributed by atoms with Crippen LogP contribution in [0.2, 0.25) is 0 Å². The summed E-state index contributed by atoms with van der Waals surface area (Å²) in [4.78, 5) is 13.8. The van der Waals surface area contributed by atoms with Crippen molar-refractivity contribution >= 4 is 33.6 Å². The van der Waals surface area contributed by atoms with Crippen molar-refractivity contribution in [3.05, 3.63) is 63.6 Å². The van der Waals surface area contributed by atoms with Gasteiger partial charge in [-0.3, -0.25) is 4.79 Å². The van der Waals surface area contributed by atoms with Gasteiger partial charge in [0, 0.05) is 20.7 Å². The van der Waals surface area contributed by atoms with Crippen molar-refractivity contribution in [2.75, 3.05) is 5.75 Å². The van der Waals surface area contributed by atoms with Gasteiger partial charge in [0.15, 0.2) is 0 Å². The summed E-state index contributed by atoms with van der Waals surface area (Å²) in [5.74, 6) is 1.04. The number of rotatable bonds is 2. The third-order valence-corrected chi connectivity index (χ3v) is 5.76. The lowest BCUT2D eigenvalue weighted by molar-refractivity contribution is 0.0934. The van der Waals surface area contributed by atoms with Crippen LogP contribution in [-0.2, 0) is 0 Å². The molecular weight excluding hydrogens is 346 g/mol. The SMILES string of the molecule is Cc1c(Br)cccc1C(=O)NC1CCSc2ccccc21. The van der Waals surface area contributed by atoms with Gasteiger partial charge in [-0.15, -0.1) is 11.8 Å². The summed E-state index contributed by atoms with van der Waals surface area (Å²) in [6.07, 6.45) is 0.973. The standard InChI is InChI=1S/C17H16BrNOS/c1-11-12(6-4-7-14(11)18)17(20)19-15-9-10-21-16-8-3-2-5-13(15)16/h2-8,15H,9-10H2,1H3,(H,19,20). The van der Waals surface area contributed by atoms with E-state index in [-0.39, 0.29) is 11.9 Å². The Labute approximate surface area is 137 Å². The molecule has 0 saturated heterocycles. The molecule has 1 atom stereocenters. The molecule has 0 spiro atoms. The Balaban J connectivity index is 1.85. The van der Waals surface area contributed by atoms with E-state index < -0.39 is 0 Å². The van der Waals surface area contributed by atoms with Crippen LogP contribution >= 0.6 is 27.7 Å². The Bertz CT molecular complexity index is 686. The van der Waals surface area contributed by atoms with E-state index in [4.69, 9.17) is 0 Å². The zero-order valence-electron chi connectivity index (χ0n) is 11.7. The monoisotopic (exact) mass is 361 g/mol. The average Bonchev–Trinajstić information content (AvgIpc) is 2.50. The largest absolute Gasteiger partial charge is 0.345 e. The number of thioether (sulfide) groups is 1. The Hall–Kier alpha value is -1.26. The number of carbonyl (C=O) groups is 1. The lowest BCUT2D eigenvalue weighted by Crippen LogP contribution is -2.31. The number of nitrogens with one attached hydrogen (secondary N) is 1. The number of amides is 1. The molecule has 0 radical (unpaired) electrons. The van der Waals surface area contributed by atoms with Crippen molar-refractivity contribution in [1.82, 2.24) is 5.32 Å². The molecule has 1 unspecified atom stereocenters. The zero-order valence-corrected chi connectivity index (χ0v) is 14.1. The molecule has 2 aromatic rings. The molecule has 0 fully saturated rings. The molecule has 0 saturated carbocycles. The van der Waals surface area contributed by atoms with Gasteiger partial charge >= 0.3 is 0 Å². The minimum atomic E-state index is 0.000466. The molecule has 4 heteroatoms. The second-order valence-corrected chi connectivity index (χ2v) is 7.10. The van der Waals surface area contributed by atoms with Crippen LogP contribution in [0.4, 0.5) is 0 Å². The molecule has 0 bridgehead atoms. The summed E-state index contributed by atoms with van der Waals surface area (Å²) in [6, 6.07) is 14.2. The summed E-state index contributed by atoms with van der Waals surface area (Å²) in [6.45, 7) is 1.96. The Kier molecular flexibility index (Phi) is 4.36. The van der Waals surface area contributed by atoms with Gasteiger partial charge < -0.3 is 5.32 Å². The Morgan fingerprint density at radius 2 is 2.05 bits per heavy atom. The summed E-state index contributed by atoms with van der Waals surface area (Å²) in [7, 11) is 0. The van der Waals surface area contributed by atoms with E-state index >= 15 is 0 Å². The van der Waals surface area contributed by atoms with Crippen LogP contribution in [0, 0.1) is 6.92 Å². The average molecular weight is 362 g/mol. The van der Waals surface area contributed by atoms with Crippen molar-refractivity contribution < 1.29 is 4.79 Å². The minimum absolute atomic E-state index is 0.000466. The van der Waals surface area contributed by atoms with E-state index in [0.717, 1.165) is 27.8 Å². The molecule has 2 nitrogen and oxygen atoms in total. The van der Waals surface area contributed by atoms with Crippen LogP contribution in [-0.4, -0.2) is 11.7 Å². The van der Waals surface area contributed by atoms with E-state index in [9.17, 15) is 4.79 Å². The molecule has 1 aliphatic heterocycles. The van der Waals surface area contributed by atoms with Crippen LogP contribution in [0.25, 0.3) is 0 Å². The first kappa shape index (κ1) is 14.7. The summed E-state index contributed by atoms with van der Waals surface area (Å²) >= 11 is 5.34. The lowest BCUT2D eigenvalue weighted by atomic mass is 10.0. The number of hydrogen-bond acceptors (Lipinski definition) is 2. The van der Waals surface area contributed by atoms with Crippen molar-refractivity contribution in [2.45, 2.75) is 24.3 Å². The third kappa shape index (κ3) is 3.01. The molecule has 1 aliphatic rings. The number of carbonyl (C=O) groups excluding carboxylic acids is 1. The predicted molar refractivity (Wildman–Crippen MR) is 90.9 cm³/mol. The van der Waals surface area contributed by atoms with E-state index in [2.05, 4.69) is 39.4 Å². The van der Waals surface area contributed by atoms with E-state index in [1.165, 1.54) is 10.5 Å². The van der Waals surface area contributed by atoms with Gasteiger partial charge in [0.2, 0.25) is 0 Å². The zero-order chi connectivity index (χ0) is 14.8. The molecule has 1 N–H and O–H groups in total. The second-order valence-electron chi connectivity index (χ2n) is 5.11. The Morgan fingerprint density at radius 1 is 1.24 bits per heavy atom. The molecule has 1 heterocycles. The summed E-state index contributed by atoms with van der Waals surface area (Å²) in [5, 5.41) is 3.19. The fourth-order valence-electron chi connectivity index (χ4n) is 2.58. The van der Waals surface area contributed by atoms with Crippen molar-refractivity contribution in [3.63, 3.8) is 0 Å². The molecule has 0 aromatic heterocycles. The van der Waals surface area contributed by atoms with E-state index in [1.54, 1.807) is 0 Å². The topological polar surface area (TPSA) is 29.1 Å². The fourth-order valence-corrected chi connectivity index (χ4v) is 4.07. The summed E-state index contributed by atoms with van der Waals surface area (Å²) < 4.78 is 0.967. The maximum absolute atomic E-state index is 12.6. The van der Waals surface area contributed by atoms with Crippen LogP contribution in [0.3, 0.4) is 0 Å².